The van der Waals surface area contributed by atoms with E-state index in [0.29, 0.717) is 38.2 Å². The van der Waals surface area contributed by atoms with Crippen molar-refractivity contribution >= 4 is 34.3 Å². The van der Waals surface area contributed by atoms with Crippen molar-refractivity contribution in [2.75, 3.05) is 25.0 Å². The Morgan fingerprint density at radius 2 is 1.77 bits per heavy atom. The number of nitrogens with one attached hydrogen (secondary N) is 2. The van der Waals surface area contributed by atoms with Gasteiger partial charge >= 0.3 is 0 Å². The summed E-state index contributed by atoms with van der Waals surface area (Å²) >= 11 is 0. The van der Waals surface area contributed by atoms with Crippen LogP contribution in [-0.2, 0) is 20.8 Å². The molecule has 3 rings (SSSR count). The topological polar surface area (TPSA) is 143 Å². The van der Waals surface area contributed by atoms with Crippen molar-refractivity contribution in [3.05, 3.63) is 78.8 Å². The van der Waals surface area contributed by atoms with Gasteiger partial charge < -0.3 is 27.0 Å². The maximum absolute atomic E-state index is 13.3. The molecule has 0 bridgehead atoms. The van der Waals surface area contributed by atoms with E-state index in [1.807, 2.05) is 74.0 Å². The van der Waals surface area contributed by atoms with E-state index in [2.05, 4.69) is 15.6 Å². The molecular weight excluding hydrogens is 492 g/mol. The van der Waals surface area contributed by atoms with Crippen LogP contribution in [0.2, 0.25) is 0 Å². The van der Waals surface area contributed by atoms with Crippen LogP contribution in [0.4, 0.5) is 5.69 Å². The third-order valence-electron chi connectivity index (χ3n) is 6.47. The van der Waals surface area contributed by atoms with Crippen molar-refractivity contribution in [2.45, 2.75) is 51.1 Å². The lowest BCUT2D eigenvalue weighted by Gasteiger charge is -2.24. The average molecular weight is 532 g/mol. The minimum Gasteiger partial charge on any atom is -0.344 e. The molecule has 9 heteroatoms. The van der Waals surface area contributed by atoms with Gasteiger partial charge in [0.25, 0.3) is 0 Å². The second-order valence-corrected chi connectivity index (χ2v) is 9.51. The number of amides is 3. The molecule has 0 aliphatic carbocycles. The quantitative estimate of drug-likeness (QED) is 0.222. The lowest BCUT2D eigenvalue weighted by atomic mass is 10.0. The number of fused-ring (bicyclic) bond motifs is 1. The first-order chi connectivity index (χ1) is 18.9. The summed E-state index contributed by atoms with van der Waals surface area (Å²) in [5.41, 5.74) is 14.2. The van der Waals surface area contributed by atoms with E-state index in [9.17, 15) is 14.4 Å². The van der Waals surface area contributed by atoms with Gasteiger partial charge in [-0.15, -0.1) is 0 Å². The number of pyridine rings is 1. The minimum absolute atomic E-state index is 0.0237. The number of para-hydroxylation sites is 1. The van der Waals surface area contributed by atoms with Crippen LogP contribution in [0.15, 0.2) is 66.9 Å². The second kappa shape index (κ2) is 15.5. The van der Waals surface area contributed by atoms with Gasteiger partial charge in [-0.1, -0.05) is 48.5 Å². The first-order valence-electron chi connectivity index (χ1n) is 13.4. The Morgan fingerprint density at radius 3 is 2.51 bits per heavy atom. The summed E-state index contributed by atoms with van der Waals surface area (Å²) in [5, 5.41) is 6.64. The predicted molar refractivity (Wildman–Crippen MR) is 155 cm³/mol. The number of anilines is 1. The number of unbranched alkanes of at least 4 members (excludes halogenated alkanes) is 1. The van der Waals surface area contributed by atoms with E-state index in [4.69, 9.17) is 11.5 Å². The summed E-state index contributed by atoms with van der Waals surface area (Å²) in [5.74, 6) is -0.894. The first-order valence-corrected chi connectivity index (χ1v) is 13.4. The molecule has 206 valence electrons. The van der Waals surface area contributed by atoms with Gasteiger partial charge in [-0.05, 0) is 37.0 Å². The van der Waals surface area contributed by atoms with E-state index in [-0.39, 0.29) is 30.6 Å². The van der Waals surface area contributed by atoms with Gasteiger partial charge in [0.05, 0.1) is 43.3 Å². The third kappa shape index (κ3) is 9.38. The predicted octanol–water partition coefficient (Wildman–Crippen LogP) is 2.80. The molecule has 2 aromatic carbocycles. The van der Waals surface area contributed by atoms with Crippen molar-refractivity contribution in [1.29, 1.82) is 0 Å². The van der Waals surface area contributed by atoms with Gasteiger partial charge in [-0.3, -0.25) is 19.4 Å². The molecule has 3 amide bonds. The Morgan fingerprint density at radius 1 is 1.03 bits per heavy atom. The van der Waals surface area contributed by atoms with Crippen LogP contribution in [0.1, 0.15) is 38.2 Å². The molecule has 1 aromatic heterocycles. The molecule has 0 spiro atoms. The molecule has 3 aromatic rings. The van der Waals surface area contributed by atoms with E-state index >= 15 is 0 Å². The lowest BCUT2D eigenvalue weighted by Crippen LogP contribution is -2.47. The Bertz CT molecular complexity index is 1220. The normalized spacial score (nSPS) is 12.4. The van der Waals surface area contributed by atoms with Crippen molar-refractivity contribution in [1.82, 2.24) is 15.2 Å². The third-order valence-corrected chi connectivity index (χ3v) is 6.47. The molecule has 2 atom stereocenters. The molecule has 9 nitrogen and oxygen atoms in total. The molecule has 0 radical (unpaired) electrons. The van der Waals surface area contributed by atoms with Gasteiger partial charge in [0.1, 0.15) is 12.5 Å². The minimum atomic E-state index is -0.820. The summed E-state index contributed by atoms with van der Waals surface area (Å²) < 4.78 is 0. The maximum Gasteiger partial charge on any atom is 0.247 e. The number of nitrogens with zero attached hydrogens (tertiary/aromatic N) is 2. The van der Waals surface area contributed by atoms with Crippen molar-refractivity contribution in [2.24, 2.45) is 11.5 Å². The number of carbonyl (C=O) groups excluding carboxylic acids is 3. The maximum atomic E-state index is 13.3. The Kier molecular flexibility index (Phi) is 11.7. The van der Waals surface area contributed by atoms with Gasteiger partial charge in [-0.25, -0.2) is 0 Å². The van der Waals surface area contributed by atoms with Crippen LogP contribution in [0.25, 0.3) is 10.9 Å². The van der Waals surface area contributed by atoms with Crippen LogP contribution in [0.3, 0.4) is 0 Å². The number of aryl methyl sites for hydroxylation is 1. The van der Waals surface area contributed by atoms with Gasteiger partial charge in [-0.2, -0.15) is 0 Å². The molecule has 39 heavy (non-hydrogen) atoms. The number of benzene rings is 2. The zero-order chi connectivity index (χ0) is 28.0. The molecule has 0 fully saturated rings. The highest BCUT2D eigenvalue weighted by Gasteiger charge is 2.24. The monoisotopic (exact) mass is 531 g/mol. The second-order valence-electron chi connectivity index (χ2n) is 9.51. The van der Waals surface area contributed by atoms with Crippen LogP contribution >= 0.6 is 0 Å². The zero-order valence-electron chi connectivity index (χ0n) is 22.5. The van der Waals surface area contributed by atoms with E-state index < -0.39 is 12.1 Å². The molecule has 6 N–H and O–H groups in total. The molecule has 0 aliphatic rings. The summed E-state index contributed by atoms with van der Waals surface area (Å²) in [7, 11) is 0. The van der Waals surface area contributed by atoms with E-state index in [1.165, 1.54) is 0 Å². The van der Waals surface area contributed by atoms with Crippen molar-refractivity contribution in [3.63, 3.8) is 0 Å². The van der Waals surface area contributed by atoms with Crippen LogP contribution < -0.4 is 22.1 Å². The summed E-state index contributed by atoms with van der Waals surface area (Å²) in [6.07, 6.45) is 5.53. The summed E-state index contributed by atoms with van der Waals surface area (Å²) in [6, 6.07) is 17.7. The highest BCUT2D eigenvalue weighted by atomic mass is 16.2. The molecule has 0 saturated heterocycles. The van der Waals surface area contributed by atoms with Crippen molar-refractivity contribution < 1.29 is 14.4 Å². The fourth-order valence-electron chi connectivity index (χ4n) is 4.28. The molecule has 1 heterocycles. The number of nitrogens with two attached hydrogens (primary N) is 2. The smallest absolute Gasteiger partial charge is 0.247 e. The highest BCUT2D eigenvalue weighted by Crippen LogP contribution is 2.17. The SMILES string of the molecule is C[CH+]CCN(CCN)C(=O)C(N)CCC(=O)NC(CCc1ccccc1)C(=O)Nc1cnc2ccccc2c1. The lowest BCUT2D eigenvalue weighted by molar-refractivity contribution is -0.133. The fourth-order valence-corrected chi connectivity index (χ4v) is 4.28. The van der Waals surface area contributed by atoms with E-state index in [0.717, 1.165) is 22.9 Å². The van der Waals surface area contributed by atoms with Gasteiger partial charge in [0.15, 0.2) is 0 Å². The highest BCUT2D eigenvalue weighted by molar-refractivity contribution is 5.98. The molecule has 0 aliphatic heterocycles. The molecule has 2 unspecified atom stereocenters. The van der Waals surface area contributed by atoms with Crippen LogP contribution in [0.5, 0.6) is 0 Å². The molecule has 0 saturated carbocycles. The van der Waals surface area contributed by atoms with E-state index in [1.54, 1.807) is 11.1 Å². The number of carbonyl (C=O) groups is 3. The Hall–Kier alpha value is -3.95. The first kappa shape index (κ1) is 29.6. The van der Waals surface area contributed by atoms with Gasteiger partial charge in [0.2, 0.25) is 17.7 Å². The summed E-state index contributed by atoms with van der Waals surface area (Å²) in [4.78, 5) is 44.9. The number of hydrogen-bond acceptors (Lipinski definition) is 6. The number of aromatic nitrogens is 1. The molecular formula is C30H39N6O3+. The summed E-state index contributed by atoms with van der Waals surface area (Å²) in [6.45, 7) is 3.22. The number of hydrogen-bond donors (Lipinski definition) is 4. The average Bonchev–Trinajstić information content (AvgIpc) is 2.96. The van der Waals surface area contributed by atoms with Crippen LogP contribution in [-0.4, -0.2) is 59.3 Å². The van der Waals surface area contributed by atoms with Crippen LogP contribution in [0, 0.1) is 6.42 Å². The Labute approximate surface area is 230 Å². The zero-order valence-corrected chi connectivity index (χ0v) is 22.5. The number of rotatable bonds is 15. The largest absolute Gasteiger partial charge is 0.344 e. The Balaban J connectivity index is 1.62. The fraction of sp³-hybridized carbons (Fsp3) is 0.367. The van der Waals surface area contributed by atoms with Crippen molar-refractivity contribution in [3.8, 4) is 0 Å². The van der Waals surface area contributed by atoms with Gasteiger partial charge in [0, 0.05) is 24.9 Å². The standard InChI is InChI=1S/C30H38N6O3/c1-2-3-18-36(19-17-31)30(39)25(32)14-16-28(37)35-27(15-13-22-9-5-4-6-10-22)29(38)34-24-20-23-11-7-8-12-26(23)33-21-24/h2,4-12,20-21,25,27H,3,13-19,31-32H2,1H3,(H-,34,35,37,38)/p+1.